The van der Waals surface area contributed by atoms with Crippen LogP contribution in [-0.2, 0) is 0 Å². The lowest BCUT2D eigenvalue weighted by Gasteiger charge is -2.49. The van der Waals surface area contributed by atoms with E-state index in [1.54, 1.807) is 0 Å². The monoisotopic (exact) mass is 278 g/mol. The van der Waals surface area contributed by atoms with Crippen LogP contribution in [0.3, 0.4) is 0 Å². The SMILES string of the molecule is CNC1C(N2CCCC2C2CCCC2)CCCC1(C)C. The Balaban J connectivity index is 1.75. The summed E-state index contributed by atoms with van der Waals surface area (Å²) in [7, 11) is 2.19. The molecule has 2 heteroatoms. The fourth-order valence-electron chi connectivity index (χ4n) is 5.63. The first kappa shape index (κ1) is 14.8. The van der Waals surface area contributed by atoms with Crippen LogP contribution in [-0.4, -0.2) is 36.6 Å². The maximum absolute atomic E-state index is 3.69. The summed E-state index contributed by atoms with van der Waals surface area (Å²) in [5.41, 5.74) is 0.459. The molecular weight excluding hydrogens is 244 g/mol. The summed E-state index contributed by atoms with van der Waals surface area (Å²) < 4.78 is 0. The summed E-state index contributed by atoms with van der Waals surface area (Å²) >= 11 is 0. The number of hydrogen-bond acceptors (Lipinski definition) is 2. The minimum Gasteiger partial charge on any atom is -0.315 e. The van der Waals surface area contributed by atoms with E-state index < -0.39 is 0 Å². The van der Waals surface area contributed by atoms with Crippen LogP contribution in [0.4, 0.5) is 0 Å². The molecule has 1 N–H and O–H groups in total. The highest BCUT2D eigenvalue weighted by molar-refractivity contribution is 5.01. The number of hydrogen-bond donors (Lipinski definition) is 1. The van der Waals surface area contributed by atoms with E-state index in [1.165, 1.54) is 64.3 Å². The fraction of sp³-hybridized carbons (Fsp3) is 1.00. The van der Waals surface area contributed by atoms with Crippen molar-refractivity contribution in [1.29, 1.82) is 0 Å². The minimum atomic E-state index is 0.459. The van der Waals surface area contributed by atoms with Gasteiger partial charge in [-0.05, 0) is 63.5 Å². The van der Waals surface area contributed by atoms with E-state index >= 15 is 0 Å². The maximum Gasteiger partial charge on any atom is 0.0271 e. The van der Waals surface area contributed by atoms with Crippen molar-refractivity contribution in [1.82, 2.24) is 10.2 Å². The Morgan fingerprint density at radius 3 is 2.30 bits per heavy atom. The molecule has 0 aromatic carbocycles. The zero-order chi connectivity index (χ0) is 14.2. The van der Waals surface area contributed by atoms with Crippen LogP contribution in [0.1, 0.15) is 71.6 Å². The van der Waals surface area contributed by atoms with Crippen molar-refractivity contribution in [3.05, 3.63) is 0 Å². The van der Waals surface area contributed by atoms with E-state index in [0.29, 0.717) is 11.5 Å². The summed E-state index contributed by atoms with van der Waals surface area (Å²) in [4.78, 5) is 2.94. The third-order valence-electron chi connectivity index (χ3n) is 6.57. The lowest BCUT2D eigenvalue weighted by atomic mass is 9.70. The van der Waals surface area contributed by atoms with Crippen molar-refractivity contribution in [2.45, 2.75) is 89.8 Å². The standard InChI is InChI=1S/C18H34N2/c1-18(2)12-6-10-16(17(18)19-3)20-13-7-11-15(20)14-8-4-5-9-14/h14-17,19H,4-13H2,1-3H3. The fourth-order valence-corrected chi connectivity index (χ4v) is 5.63. The zero-order valence-electron chi connectivity index (χ0n) is 13.8. The summed E-state index contributed by atoms with van der Waals surface area (Å²) in [6.07, 6.45) is 13.1. The topological polar surface area (TPSA) is 15.3 Å². The Morgan fingerprint density at radius 1 is 0.900 bits per heavy atom. The lowest BCUT2D eigenvalue weighted by molar-refractivity contribution is 0.0305. The Kier molecular flexibility index (Phi) is 4.42. The number of likely N-dealkylation sites (tertiary alicyclic amines) is 1. The molecule has 2 nitrogen and oxygen atoms in total. The van der Waals surface area contributed by atoms with E-state index in [0.717, 1.165) is 18.0 Å². The van der Waals surface area contributed by atoms with Crippen LogP contribution in [0.5, 0.6) is 0 Å². The maximum atomic E-state index is 3.69. The van der Waals surface area contributed by atoms with E-state index in [9.17, 15) is 0 Å². The van der Waals surface area contributed by atoms with Gasteiger partial charge in [-0.15, -0.1) is 0 Å². The molecule has 1 aliphatic heterocycles. The van der Waals surface area contributed by atoms with Crippen molar-refractivity contribution >= 4 is 0 Å². The highest BCUT2D eigenvalue weighted by atomic mass is 15.2. The van der Waals surface area contributed by atoms with Crippen molar-refractivity contribution < 1.29 is 0 Å². The number of nitrogens with one attached hydrogen (secondary N) is 1. The molecule has 3 rings (SSSR count). The predicted octanol–water partition coefficient (Wildman–Crippen LogP) is 3.81. The van der Waals surface area contributed by atoms with Gasteiger partial charge in [-0.25, -0.2) is 0 Å². The van der Waals surface area contributed by atoms with E-state index in [1.807, 2.05) is 0 Å². The summed E-state index contributed by atoms with van der Waals surface area (Å²) in [6, 6.07) is 2.38. The Morgan fingerprint density at radius 2 is 1.60 bits per heavy atom. The molecule has 0 bridgehead atoms. The second-order valence-electron chi connectivity index (χ2n) is 8.21. The van der Waals surface area contributed by atoms with Gasteiger partial charge in [0.25, 0.3) is 0 Å². The van der Waals surface area contributed by atoms with Crippen molar-refractivity contribution in [2.24, 2.45) is 11.3 Å². The first-order valence-corrected chi connectivity index (χ1v) is 9.06. The Bertz CT molecular complexity index is 319. The molecule has 0 radical (unpaired) electrons. The van der Waals surface area contributed by atoms with Crippen LogP contribution >= 0.6 is 0 Å². The van der Waals surface area contributed by atoms with Crippen molar-refractivity contribution in [3.8, 4) is 0 Å². The number of likely N-dealkylation sites (N-methyl/N-ethyl adjacent to an activating group) is 1. The number of nitrogens with zero attached hydrogens (tertiary/aromatic N) is 1. The summed E-state index contributed by atoms with van der Waals surface area (Å²) in [5.74, 6) is 1.01. The number of rotatable bonds is 3. The first-order valence-electron chi connectivity index (χ1n) is 9.06. The van der Waals surface area contributed by atoms with Crippen LogP contribution in [0.15, 0.2) is 0 Å². The van der Waals surface area contributed by atoms with E-state index in [4.69, 9.17) is 0 Å². The molecule has 2 aliphatic carbocycles. The molecule has 0 aromatic rings. The van der Waals surface area contributed by atoms with Gasteiger partial charge in [0.2, 0.25) is 0 Å². The predicted molar refractivity (Wildman–Crippen MR) is 86.0 cm³/mol. The van der Waals surface area contributed by atoms with Crippen LogP contribution in [0.2, 0.25) is 0 Å². The van der Waals surface area contributed by atoms with Gasteiger partial charge < -0.3 is 5.32 Å². The molecular formula is C18H34N2. The molecule has 3 atom stereocenters. The van der Waals surface area contributed by atoms with E-state index in [2.05, 4.69) is 31.1 Å². The zero-order valence-corrected chi connectivity index (χ0v) is 13.8. The van der Waals surface area contributed by atoms with Gasteiger partial charge in [0.1, 0.15) is 0 Å². The van der Waals surface area contributed by atoms with Gasteiger partial charge in [0.05, 0.1) is 0 Å². The summed E-state index contributed by atoms with van der Waals surface area (Å²) in [6.45, 7) is 6.31. The van der Waals surface area contributed by atoms with Gasteiger partial charge in [-0.3, -0.25) is 4.90 Å². The second-order valence-corrected chi connectivity index (χ2v) is 8.21. The van der Waals surface area contributed by atoms with Gasteiger partial charge in [0, 0.05) is 18.1 Å². The largest absolute Gasteiger partial charge is 0.315 e. The smallest absolute Gasteiger partial charge is 0.0271 e. The van der Waals surface area contributed by atoms with Gasteiger partial charge in [-0.1, -0.05) is 33.1 Å². The minimum absolute atomic E-state index is 0.459. The van der Waals surface area contributed by atoms with Crippen LogP contribution in [0.25, 0.3) is 0 Å². The highest BCUT2D eigenvalue weighted by Crippen LogP contribution is 2.42. The molecule has 3 aliphatic rings. The highest BCUT2D eigenvalue weighted by Gasteiger charge is 2.45. The second kappa shape index (κ2) is 5.96. The normalized spacial score (nSPS) is 39.5. The molecule has 1 heterocycles. The molecule has 0 aromatic heterocycles. The van der Waals surface area contributed by atoms with Crippen molar-refractivity contribution in [2.75, 3.05) is 13.6 Å². The van der Waals surface area contributed by atoms with Crippen LogP contribution < -0.4 is 5.32 Å². The van der Waals surface area contributed by atoms with Gasteiger partial charge in [0.15, 0.2) is 0 Å². The molecule has 116 valence electrons. The summed E-state index contributed by atoms with van der Waals surface area (Å²) in [5, 5.41) is 3.69. The Hall–Kier alpha value is -0.0800. The van der Waals surface area contributed by atoms with Crippen LogP contribution in [0, 0.1) is 11.3 Å². The molecule has 3 fully saturated rings. The molecule has 20 heavy (non-hydrogen) atoms. The van der Waals surface area contributed by atoms with Gasteiger partial charge in [-0.2, -0.15) is 0 Å². The van der Waals surface area contributed by atoms with Crippen molar-refractivity contribution in [3.63, 3.8) is 0 Å². The average Bonchev–Trinajstić information content (AvgIpc) is 3.08. The third kappa shape index (κ3) is 2.66. The average molecular weight is 278 g/mol. The molecule has 0 spiro atoms. The molecule has 3 unspecified atom stereocenters. The molecule has 2 saturated carbocycles. The molecule has 1 saturated heterocycles. The quantitative estimate of drug-likeness (QED) is 0.844. The molecule has 0 amide bonds. The van der Waals surface area contributed by atoms with E-state index in [-0.39, 0.29) is 0 Å². The Labute approximate surface area is 125 Å². The van der Waals surface area contributed by atoms with Gasteiger partial charge >= 0.3 is 0 Å². The lowest BCUT2D eigenvalue weighted by Crippen LogP contribution is -2.59. The third-order valence-corrected chi connectivity index (χ3v) is 6.57. The first-order chi connectivity index (χ1) is 9.63.